The Kier molecular flexibility index (Phi) is 5.58. The van der Waals surface area contributed by atoms with Gasteiger partial charge in [-0.05, 0) is 18.1 Å². The summed E-state index contributed by atoms with van der Waals surface area (Å²) in [7, 11) is 3.70. The average molecular weight is 338 g/mol. The summed E-state index contributed by atoms with van der Waals surface area (Å²) in [6.45, 7) is 4.30. The number of nitrogens with zero attached hydrogens (tertiary/aromatic N) is 1. The smallest absolute Gasteiger partial charge is 0.265 e. The van der Waals surface area contributed by atoms with Crippen LogP contribution < -0.4 is 4.74 Å². The number of amides is 1. The summed E-state index contributed by atoms with van der Waals surface area (Å²) in [5, 5.41) is 0. The molecular formula is C13H17ClFNO4S. The minimum atomic E-state index is -4.24. The molecule has 0 aliphatic rings. The Hall–Kier alpha value is -1.34. The lowest BCUT2D eigenvalue weighted by Crippen LogP contribution is -2.30. The zero-order valence-corrected chi connectivity index (χ0v) is 13.8. The largest absolute Gasteiger partial charge is 0.492 e. The first-order valence-electron chi connectivity index (χ1n) is 6.15. The average Bonchev–Trinajstić information content (AvgIpc) is 2.34. The normalized spacial score (nSPS) is 11.6. The number of benzene rings is 1. The van der Waals surface area contributed by atoms with Crippen LogP contribution in [0.1, 0.15) is 24.2 Å². The van der Waals surface area contributed by atoms with E-state index in [1.165, 1.54) is 4.90 Å². The van der Waals surface area contributed by atoms with Crippen LogP contribution in [0.2, 0.25) is 0 Å². The van der Waals surface area contributed by atoms with Crippen molar-refractivity contribution in [3.05, 3.63) is 23.5 Å². The molecule has 0 aliphatic heterocycles. The predicted octanol–water partition coefficient (Wildman–Crippen LogP) is 2.49. The Morgan fingerprint density at radius 3 is 2.43 bits per heavy atom. The first kappa shape index (κ1) is 17.7. The lowest BCUT2D eigenvalue weighted by atomic mass is 10.1. The molecule has 0 fully saturated rings. The Balaban J connectivity index is 3.34. The Morgan fingerprint density at radius 1 is 1.43 bits per heavy atom. The number of carbonyl (C=O) groups is 1. The fourth-order valence-electron chi connectivity index (χ4n) is 1.92. The molecule has 0 saturated heterocycles. The van der Waals surface area contributed by atoms with Crippen molar-refractivity contribution >= 4 is 25.6 Å². The highest BCUT2D eigenvalue weighted by Crippen LogP contribution is 2.31. The fraction of sp³-hybridized carbons (Fsp3) is 0.462. The van der Waals surface area contributed by atoms with Crippen molar-refractivity contribution in [2.45, 2.75) is 18.7 Å². The van der Waals surface area contributed by atoms with Crippen molar-refractivity contribution in [2.24, 2.45) is 5.92 Å². The van der Waals surface area contributed by atoms with E-state index in [2.05, 4.69) is 0 Å². The van der Waals surface area contributed by atoms with Crippen LogP contribution in [0.25, 0.3) is 0 Å². The molecule has 1 aromatic carbocycles. The van der Waals surface area contributed by atoms with E-state index in [1.54, 1.807) is 7.05 Å². The molecular weight excluding hydrogens is 321 g/mol. The maximum atomic E-state index is 13.9. The molecule has 1 amide bonds. The van der Waals surface area contributed by atoms with E-state index in [0.717, 1.165) is 19.2 Å². The van der Waals surface area contributed by atoms with Gasteiger partial charge < -0.3 is 9.64 Å². The van der Waals surface area contributed by atoms with Gasteiger partial charge in [-0.1, -0.05) is 13.8 Å². The van der Waals surface area contributed by atoms with Crippen LogP contribution in [-0.4, -0.2) is 39.9 Å². The monoisotopic (exact) mass is 337 g/mol. The molecule has 0 bridgehead atoms. The second-order valence-electron chi connectivity index (χ2n) is 5.01. The zero-order valence-electron chi connectivity index (χ0n) is 12.2. The molecule has 0 saturated carbocycles. The van der Waals surface area contributed by atoms with E-state index in [0.29, 0.717) is 6.54 Å². The predicted molar refractivity (Wildman–Crippen MR) is 77.8 cm³/mol. The number of methoxy groups -OCH3 is 1. The highest BCUT2D eigenvalue weighted by molar-refractivity contribution is 8.13. The van der Waals surface area contributed by atoms with E-state index < -0.39 is 31.4 Å². The number of hydrogen-bond donors (Lipinski definition) is 0. The van der Waals surface area contributed by atoms with Crippen molar-refractivity contribution < 1.29 is 22.3 Å². The summed E-state index contributed by atoms with van der Waals surface area (Å²) in [6, 6.07) is 1.95. The standard InChI is InChI=1S/C13H17ClFNO4S/c1-8(2)7-16(3)13(17)9-5-10(15)12(20-4)11(6-9)21(14,18)19/h5-6,8H,7H2,1-4H3. The van der Waals surface area contributed by atoms with Crippen molar-refractivity contribution in [1.82, 2.24) is 4.90 Å². The second-order valence-corrected chi connectivity index (χ2v) is 7.54. The fourth-order valence-corrected chi connectivity index (χ4v) is 2.94. The molecule has 0 atom stereocenters. The van der Waals surface area contributed by atoms with E-state index in [9.17, 15) is 17.6 Å². The number of halogens is 2. The third-order valence-electron chi connectivity index (χ3n) is 2.71. The van der Waals surface area contributed by atoms with Crippen molar-refractivity contribution in [3.8, 4) is 5.75 Å². The Bertz CT molecular complexity index is 646. The maximum Gasteiger partial charge on any atom is 0.265 e. The van der Waals surface area contributed by atoms with Gasteiger partial charge in [-0.15, -0.1) is 0 Å². The highest BCUT2D eigenvalue weighted by Gasteiger charge is 2.24. The first-order chi connectivity index (χ1) is 9.57. The molecule has 1 rings (SSSR count). The van der Waals surface area contributed by atoms with Crippen molar-refractivity contribution in [2.75, 3.05) is 20.7 Å². The van der Waals surface area contributed by atoms with Gasteiger partial charge in [0.05, 0.1) is 7.11 Å². The Labute approximate surface area is 128 Å². The number of hydrogen-bond acceptors (Lipinski definition) is 4. The van der Waals surface area contributed by atoms with Gasteiger partial charge in [0, 0.05) is 29.8 Å². The number of rotatable bonds is 5. The molecule has 0 heterocycles. The quantitative estimate of drug-likeness (QED) is 0.774. The lowest BCUT2D eigenvalue weighted by molar-refractivity contribution is 0.0778. The lowest BCUT2D eigenvalue weighted by Gasteiger charge is -2.20. The molecule has 8 heteroatoms. The topological polar surface area (TPSA) is 63.7 Å². The number of carbonyl (C=O) groups excluding carboxylic acids is 1. The summed E-state index contributed by atoms with van der Waals surface area (Å²) >= 11 is 0. The van der Waals surface area contributed by atoms with E-state index in [-0.39, 0.29) is 11.5 Å². The summed E-state index contributed by atoms with van der Waals surface area (Å²) in [5.74, 6) is -1.74. The third kappa shape index (κ3) is 4.31. The van der Waals surface area contributed by atoms with Gasteiger partial charge in [-0.2, -0.15) is 0 Å². The van der Waals surface area contributed by atoms with Gasteiger partial charge in [0.1, 0.15) is 4.90 Å². The SMILES string of the molecule is COc1c(F)cc(C(=O)N(C)CC(C)C)cc1S(=O)(=O)Cl. The van der Waals surface area contributed by atoms with E-state index in [4.69, 9.17) is 15.4 Å². The minimum Gasteiger partial charge on any atom is -0.492 e. The molecule has 0 aliphatic carbocycles. The summed E-state index contributed by atoms with van der Waals surface area (Å²) in [4.78, 5) is 13.0. The molecule has 1 aromatic rings. The molecule has 21 heavy (non-hydrogen) atoms. The molecule has 0 unspecified atom stereocenters. The minimum absolute atomic E-state index is 0.101. The van der Waals surface area contributed by atoms with Gasteiger partial charge in [0.15, 0.2) is 11.6 Å². The first-order valence-corrected chi connectivity index (χ1v) is 8.46. The molecule has 5 nitrogen and oxygen atoms in total. The van der Waals surface area contributed by atoms with Crippen LogP contribution >= 0.6 is 10.7 Å². The summed E-state index contributed by atoms with van der Waals surface area (Å²) < 4.78 is 41.6. The van der Waals surface area contributed by atoms with Gasteiger partial charge in [0.25, 0.3) is 15.0 Å². The molecule has 0 N–H and O–H groups in total. The van der Waals surface area contributed by atoms with Gasteiger partial charge >= 0.3 is 0 Å². The maximum absolute atomic E-state index is 13.9. The summed E-state index contributed by atoms with van der Waals surface area (Å²) in [5.41, 5.74) is -0.101. The van der Waals surface area contributed by atoms with Gasteiger partial charge in [-0.25, -0.2) is 12.8 Å². The van der Waals surface area contributed by atoms with Gasteiger partial charge in [-0.3, -0.25) is 4.79 Å². The van der Waals surface area contributed by atoms with Crippen LogP contribution in [0, 0.1) is 11.7 Å². The molecule has 118 valence electrons. The van der Waals surface area contributed by atoms with Crippen molar-refractivity contribution in [1.29, 1.82) is 0 Å². The molecule has 0 aromatic heterocycles. The van der Waals surface area contributed by atoms with Crippen LogP contribution in [0.5, 0.6) is 5.75 Å². The second kappa shape index (κ2) is 6.62. The van der Waals surface area contributed by atoms with Crippen molar-refractivity contribution in [3.63, 3.8) is 0 Å². The Morgan fingerprint density at radius 2 is 2.00 bits per heavy atom. The van der Waals surface area contributed by atoms with E-state index in [1.807, 2.05) is 13.8 Å². The van der Waals surface area contributed by atoms with Crippen LogP contribution in [-0.2, 0) is 9.05 Å². The highest BCUT2D eigenvalue weighted by atomic mass is 35.7. The number of ether oxygens (including phenoxy) is 1. The van der Waals surface area contributed by atoms with Crippen LogP contribution in [0.3, 0.4) is 0 Å². The zero-order chi connectivity index (χ0) is 16.4. The third-order valence-corrected chi connectivity index (χ3v) is 4.04. The van der Waals surface area contributed by atoms with Crippen LogP contribution in [0.4, 0.5) is 4.39 Å². The van der Waals surface area contributed by atoms with Gasteiger partial charge in [0.2, 0.25) is 0 Å². The molecule has 0 radical (unpaired) electrons. The molecule has 0 spiro atoms. The van der Waals surface area contributed by atoms with E-state index >= 15 is 0 Å². The van der Waals surface area contributed by atoms with Crippen LogP contribution in [0.15, 0.2) is 17.0 Å². The summed E-state index contributed by atoms with van der Waals surface area (Å²) in [6.07, 6.45) is 0.